The van der Waals surface area contributed by atoms with Crippen LogP contribution in [0.15, 0.2) is 42.5 Å². The van der Waals surface area contributed by atoms with Crippen molar-refractivity contribution in [3.8, 4) is 5.75 Å². The monoisotopic (exact) mass is 291 g/mol. The van der Waals surface area contributed by atoms with Crippen LogP contribution in [0.25, 0.3) is 0 Å². The van der Waals surface area contributed by atoms with Crippen molar-refractivity contribution in [3.63, 3.8) is 0 Å². The number of methoxy groups -OCH3 is 1. The van der Waals surface area contributed by atoms with Crippen molar-refractivity contribution in [3.05, 3.63) is 65.2 Å². The van der Waals surface area contributed by atoms with Crippen molar-refractivity contribution < 1.29 is 13.5 Å². The Morgan fingerprint density at radius 2 is 1.48 bits per heavy atom. The van der Waals surface area contributed by atoms with E-state index < -0.39 is 17.7 Å². The van der Waals surface area contributed by atoms with Gasteiger partial charge in [-0.25, -0.2) is 8.78 Å². The number of rotatable bonds is 5. The maximum Gasteiger partial charge on any atom is 0.130 e. The number of benzene rings is 2. The summed E-state index contributed by atoms with van der Waals surface area (Å²) in [5.41, 5.74) is 1.09. The maximum absolute atomic E-state index is 13.8. The third-order valence-corrected chi connectivity index (χ3v) is 3.55. The van der Waals surface area contributed by atoms with E-state index >= 15 is 0 Å². The molecule has 0 aliphatic rings. The molecule has 2 aromatic rings. The quantitative estimate of drug-likeness (QED) is 0.882. The highest BCUT2D eigenvalue weighted by atomic mass is 19.1. The zero-order chi connectivity index (χ0) is 15.4. The van der Waals surface area contributed by atoms with Crippen molar-refractivity contribution in [2.75, 3.05) is 7.11 Å². The molecule has 1 unspecified atom stereocenters. The van der Waals surface area contributed by atoms with E-state index in [2.05, 4.69) is 5.32 Å². The molecule has 0 aliphatic carbocycles. The molecule has 0 aromatic heterocycles. The molecule has 0 spiro atoms. The molecule has 0 heterocycles. The minimum atomic E-state index is -0.531. The molecule has 4 heteroatoms. The summed E-state index contributed by atoms with van der Waals surface area (Å²) in [6, 6.07) is 11.0. The molecule has 0 saturated heterocycles. The van der Waals surface area contributed by atoms with Gasteiger partial charge in [-0.2, -0.15) is 0 Å². The van der Waals surface area contributed by atoms with Gasteiger partial charge in [-0.1, -0.05) is 18.2 Å². The minimum absolute atomic E-state index is 0.0371. The minimum Gasteiger partial charge on any atom is -0.497 e. The van der Waals surface area contributed by atoms with Crippen LogP contribution in [0.5, 0.6) is 5.75 Å². The second kappa shape index (κ2) is 6.68. The smallest absolute Gasteiger partial charge is 0.130 e. The van der Waals surface area contributed by atoms with E-state index in [-0.39, 0.29) is 11.6 Å². The lowest BCUT2D eigenvalue weighted by Crippen LogP contribution is -2.24. The average Bonchev–Trinajstić information content (AvgIpc) is 2.47. The first kappa shape index (κ1) is 15.4. The summed E-state index contributed by atoms with van der Waals surface area (Å²) in [5.74, 6) is -0.284. The van der Waals surface area contributed by atoms with Gasteiger partial charge in [0.2, 0.25) is 0 Å². The molecule has 1 N–H and O–H groups in total. The normalized spacial score (nSPS) is 13.8. The highest BCUT2D eigenvalue weighted by molar-refractivity contribution is 5.29. The van der Waals surface area contributed by atoms with Gasteiger partial charge < -0.3 is 10.1 Å². The van der Waals surface area contributed by atoms with E-state index in [0.717, 1.165) is 11.3 Å². The van der Waals surface area contributed by atoms with Gasteiger partial charge in [0.25, 0.3) is 0 Å². The average molecular weight is 291 g/mol. The van der Waals surface area contributed by atoms with Crippen LogP contribution in [0.1, 0.15) is 37.1 Å². The van der Waals surface area contributed by atoms with E-state index in [4.69, 9.17) is 4.74 Å². The van der Waals surface area contributed by atoms with Gasteiger partial charge >= 0.3 is 0 Å². The molecule has 0 bridgehead atoms. The fourth-order valence-corrected chi connectivity index (χ4v) is 2.37. The Bertz CT molecular complexity index is 578. The molecule has 2 rings (SSSR count). The Kier molecular flexibility index (Phi) is 4.91. The van der Waals surface area contributed by atoms with E-state index in [0.29, 0.717) is 0 Å². The lowest BCUT2D eigenvalue weighted by Gasteiger charge is -2.21. The fourth-order valence-electron chi connectivity index (χ4n) is 2.37. The predicted octanol–water partition coefficient (Wildman–Crippen LogP) is 4.39. The Morgan fingerprint density at radius 1 is 0.905 bits per heavy atom. The zero-order valence-corrected chi connectivity index (χ0v) is 12.4. The number of hydrogen-bond acceptors (Lipinski definition) is 2. The Morgan fingerprint density at radius 3 is 2.00 bits per heavy atom. The summed E-state index contributed by atoms with van der Waals surface area (Å²) in [6.07, 6.45) is 0. The SMILES string of the molecule is COc1ccc([C@@H](C)NC(C)c2c(F)cccc2F)cc1. The number of hydrogen-bond donors (Lipinski definition) is 1. The molecule has 2 nitrogen and oxygen atoms in total. The van der Waals surface area contributed by atoms with Crippen LogP contribution in [0, 0.1) is 11.6 Å². The standard InChI is InChI=1S/C17H19F2NO/c1-11(13-7-9-14(21-3)10-8-13)20-12(2)17-15(18)5-4-6-16(17)19/h4-12,20H,1-3H3/t11-,12?/m1/s1. The van der Waals surface area contributed by atoms with Crippen molar-refractivity contribution in [1.29, 1.82) is 0 Å². The topological polar surface area (TPSA) is 21.3 Å². The maximum atomic E-state index is 13.8. The summed E-state index contributed by atoms with van der Waals surface area (Å²) in [5, 5.41) is 3.21. The Labute approximate surface area is 123 Å². The third-order valence-electron chi connectivity index (χ3n) is 3.55. The van der Waals surface area contributed by atoms with E-state index in [1.54, 1.807) is 14.0 Å². The number of nitrogens with one attached hydrogen (secondary N) is 1. The number of ether oxygens (including phenoxy) is 1. The van der Waals surface area contributed by atoms with Gasteiger partial charge in [0.1, 0.15) is 17.4 Å². The van der Waals surface area contributed by atoms with Crippen LogP contribution in [-0.4, -0.2) is 7.11 Å². The number of halogens is 2. The first-order valence-electron chi connectivity index (χ1n) is 6.87. The van der Waals surface area contributed by atoms with Crippen molar-refractivity contribution >= 4 is 0 Å². The third kappa shape index (κ3) is 3.58. The van der Waals surface area contributed by atoms with Crippen LogP contribution in [-0.2, 0) is 0 Å². The highest BCUT2D eigenvalue weighted by Gasteiger charge is 2.18. The molecular weight excluding hydrogens is 272 g/mol. The summed E-state index contributed by atoms with van der Waals surface area (Å²) in [6.45, 7) is 3.71. The van der Waals surface area contributed by atoms with Crippen LogP contribution in [0.2, 0.25) is 0 Å². The highest BCUT2D eigenvalue weighted by Crippen LogP contribution is 2.24. The molecule has 0 aliphatic heterocycles. The van der Waals surface area contributed by atoms with Crippen molar-refractivity contribution in [2.45, 2.75) is 25.9 Å². The lowest BCUT2D eigenvalue weighted by molar-refractivity contribution is 0.414. The summed E-state index contributed by atoms with van der Waals surface area (Å²) >= 11 is 0. The van der Waals surface area contributed by atoms with Gasteiger partial charge in [-0.3, -0.25) is 0 Å². The lowest BCUT2D eigenvalue weighted by atomic mass is 10.0. The molecule has 0 fully saturated rings. The largest absolute Gasteiger partial charge is 0.497 e. The van der Waals surface area contributed by atoms with Gasteiger partial charge in [0, 0.05) is 17.6 Å². The molecule has 21 heavy (non-hydrogen) atoms. The summed E-state index contributed by atoms with van der Waals surface area (Å²) in [4.78, 5) is 0. The second-order valence-electron chi connectivity index (χ2n) is 5.02. The van der Waals surface area contributed by atoms with Crippen LogP contribution < -0.4 is 10.1 Å². The molecular formula is C17H19F2NO. The zero-order valence-electron chi connectivity index (χ0n) is 12.4. The summed E-state index contributed by atoms with van der Waals surface area (Å²) in [7, 11) is 1.61. The fraction of sp³-hybridized carbons (Fsp3) is 0.294. The molecule has 0 amide bonds. The first-order valence-corrected chi connectivity index (χ1v) is 6.87. The van der Waals surface area contributed by atoms with Crippen LogP contribution >= 0.6 is 0 Å². The summed E-state index contributed by atoms with van der Waals surface area (Å²) < 4.78 is 32.6. The van der Waals surface area contributed by atoms with Crippen LogP contribution in [0.4, 0.5) is 8.78 Å². The second-order valence-corrected chi connectivity index (χ2v) is 5.02. The van der Waals surface area contributed by atoms with Gasteiger partial charge in [0.05, 0.1) is 7.11 Å². The van der Waals surface area contributed by atoms with E-state index in [1.165, 1.54) is 18.2 Å². The molecule has 0 saturated carbocycles. The van der Waals surface area contributed by atoms with Gasteiger partial charge in [0.15, 0.2) is 0 Å². The van der Waals surface area contributed by atoms with Gasteiger partial charge in [-0.15, -0.1) is 0 Å². The molecule has 0 radical (unpaired) electrons. The first-order chi connectivity index (χ1) is 10.0. The Balaban J connectivity index is 2.12. The van der Waals surface area contributed by atoms with Gasteiger partial charge in [-0.05, 0) is 43.7 Å². The molecule has 2 atom stereocenters. The van der Waals surface area contributed by atoms with Crippen molar-refractivity contribution in [1.82, 2.24) is 5.32 Å². The van der Waals surface area contributed by atoms with E-state index in [1.807, 2.05) is 31.2 Å². The van der Waals surface area contributed by atoms with Crippen LogP contribution in [0.3, 0.4) is 0 Å². The molecule has 2 aromatic carbocycles. The van der Waals surface area contributed by atoms with E-state index in [9.17, 15) is 8.78 Å². The predicted molar refractivity (Wildman–Crippen MR) is 79.3 cm³/mol. The molecule has 112 valence electrons. The van der Waals surface area contributed by atoms with Crippen molar-refractivity contribution in [2.24, 2.45) is 0 Å². The Hall–Kier alpha value is -1.94.